The monoisotopic (exact) mass is 611 g/mol. The SMILES string of the molecule is C=CC(=O)Nc1cc(Nc2cc(N3OCCC3c3cccc(-c4cccc(F)c4)c3)ncn2)c(OC)cc1N(C)CCN(C)C. The van der Waals surface area contributed by atoms with Crippen LogP contribution in [0, 0.1) is 5.82 Å². The van der Waals surface area contributed by atoms with Crippen LogP contribution in [0.1, 0.15) is 18.0 Å². The molecule has 10 nitrogen and oxygen atoms in total. The molecule has 3 aromatic carbocycles. The Morgan fingerprint density at radius 1 is 1.07 bits per heavy atom. The second-order valence-electron chi connectivity index (χ2n) is 11.0. The van der Waals surface area contributed by atoms with Crippen LogP contribution in [0.25, 0.3) is 11.1 Å². The number of benzene rings is 3. The van der Waals surface area contributed by atoms with Gasteiger partial charge in [-0.1, -0.05) is 36.9 Å². The topological polar surface area (TPSA) is 95.1 Å². The van der Waals surface area contributed by atoms with Crippen molar-refractivity contribution in [3.63, 3.8) is 0 Å². The lowest BCUT2D eigenvalue weighted by Gasteiger charge is -2.26. The van der Waals surface area contributed by atoms with Crippen molar-refractivity contribution in [2.24, 2.45) is 0 Å². The maximum atomic E-state index is 13.9. The molecule has 0 radical (unpaired) electrons. The van der Waals surface area contributed by atoms with Crippen molar-refractivity contribution >= 4 is 34.6 Å². The molecule has 1 aliphatic heterocycles. The third-order valence-corrected chi connectivity index (χ3v) is 7.53. The number of methoxy groups -OCH3 is 1. The van der Waals surface area contributed by atoms with Gasteiger partial charge in [-0.05, 0) is 61.1 Å². The molecule has 5 rings (SSSR count). The number of carbonyl (C=O) groups excluding carboxylic acids is 1. The predicted molar refractivity (Wildman–Crippen MR) is 177 cm³/mol. The van der Waals surface area contributed by atoms with Gasteiger partial charge in [0.15, 0.2) is 5.82 Å². The number of anilines is 5. The Morgan fingerprint density at radius 3 is 2.58 bits per heavy atom. The van der Waals surface area contributed by atoms with Gasteiger partial charge in [0.25, 0.3) is 0 Å². The Bertz CT molecular complexity index is 1660. The summed E-state index contributed by atoms with van der Waals surface area (Å²) in [7, 11) is 7.58. The van der Waals surface area contributed by atoms with Gasteiger partial charge >= 0.3 is 0 Å². The van der Waals surface area contributed by atoms with Crippen LogP contribution in [0.2, 0.25) is 0 Å². The molecule has 2 N–H and O–H groups in total. The summed E-state index contributed by atoms with van der Waals surface area (Å²) in [5.41, 5.74) is 4.76. The van der Waals surface area contributed by atoms with Gasteiger partial charge in [-0.2, -0.15) is 0 Å². The maximum Gasteiger partial charge on any atom is 0.247 e. The zero-order valence-electron chi connectivity index (χ0n) is 26.0. The molecule has 45 heavy (non-hydrogen) atoms. The molecule has 1 aromatic heterocycles. The van der Waals surface area contributed by atoms with Crippen molar-refractivity contribution in [3.8, 4) is 16.9 Å². The molecule has 2 heterocycles. The number of amides is 1. The molecule has 1 aliphatic rings. The van der Waals surface area contributed by atoms with Gasteiger partial charge in [-0.25, -0.2) is 19.4 Å². The third-order valence-electron chi connectivity index (χ3n) is 7.53. The number of hydrogen-bond acceptors (Lipinski definition) is 9. The second-order valence-corrected chi connectivity index (χ2v) is 11.0. The lowest BCUT2D eigenvalue weighted by atomic mass is 9.98. The molecule has 11 heteroatoms. The van der Waals surface area contributed by atoms with Crippen LogP contribution in [-0.4, -0.2) is 68.7 Å². The molecular weight excluding hydrogens is 573 g/mol. The van der Waals surface area contributed by atoms with Crippen LogP contribution in [0.4, 0.5) is 33.1 Å². The molecule has 0 saturated carbocycles. The van der Waals surface area contributed by atoms with Gasteiger partial charge in [0.1, 0.15) is 23.7 Å². The molecule has 0 bridgehead atoms. The number of rotatable bonds is 12. The first-order valence-corrected chi connectivity index (χ1v) is 14.6. The number of carbonyl (C=O) groups is 1. The Kier molecular flexibility index (Phi) is 9.91. The van der Waals surface area contributed by atoms with Crippen LogP contribution >= 0.6 is 0 Å². The minimum Gasteiger partial charge on any atom is -0.494 e. The van der Waals surface area contributed by atoms with Crippen molar-refractivity contribution in [2.45, 2.75) is 12.5 Å². The predicted octanol–water partition coefficient (Wildman–Crippen LogP) is 6.04. The summed E-state index contributed by atoms with van der Waals surface area (Å²) in [4.78, 5) is 31.5. The van der Waals surface area contributed by atoms with E-state index in [1.165, 1.54) is 24.5 Å². The average Bonchev–Trinajstić information content (AvgIpc) is 3.54. The molecule has 234 valence electrons. The van der Waals surface area contributed by atoms with E-state index in [0.717, 1.165) is 41.9 Å². The van der Waals surface area contributed by atoms with Gasteiger partial charge in [-0.3, -0.25) is 9.63 Å². The van der Waals surface area contributed by atoms with Crippen LogP contribution in [-0.2, 0) is 9.63 Å². The van der Waals surface area contributed by atoms with Crippen LogP contribution in [0.15, 0.2) is 85.7 Å². The first-order valence-electron chi connectivity index (χ1n) is 14.6. The van der Waals surface area contributed by atoms with Crippen molar-refractivity contribution in [1.29, 1.82) is 0 Å². The van der Waals surface area contributed by atoms with E-state index in [1.54, 1.807) is 24.3 Å². The van der Waals surface area contributed by atoms with E-state index in [9.17, 15) is 9.18 Å². The fourth-order valence-electron chi connectivity index (χ4n) is 5.17. The summed E-state index contributed by atoms with van der Waals surface area (Å²) in [6, 6.07) is 20.0. The van der Waals surface area contributed by atoms with E-state index in [-0.39, 0.29) is 17.8 Å². The molecule has 1 atom stereocenters. The van der Waals surface area contributed by atoms with Crippen molar-refractivity contribution < 1.29 is 18.8 Å². The molecular formula is C34H38FN7O3. The minimum atomic E-state index is -0.323. The van der Waals surface area contributed by atoms with Gasteiger partial charge < -0.3 is 25.2 Å². The van der Waals surface area contributed by atoms with Crippen LogP contribution in [0.3, 0.4) is 0 Å². The summed E-state index contributed by atoms with van der Waals surface area (Å²) in [6.07, 6.45) is 3.45. The zero-order chi connectivity index (χ0) is 31.9. The highest BCUT2D eigenvalue weighted by atomic mass is 19.1. The largest absolute Gasteiger partial charge is 0.494 e. The first kappa shape index (κ1) is 31.4. The Labute approximate surface area is 263 Å². The number of ether oxygens (including phenoxy) is 1. The number of nitrogens with zero attached hydrogens (tertiary/aromatic N) is 5. The van der Waals surface area contributed by atoms with Gasteiger partial charge in [-0.15, -0.1) is 0 Å². The molecule has 1 unspecified atom stereocenters. The quantitative estimate of drug-likeness (QED) is 0.186. The van der Waals surface area contributed by atoms with Crippen molar-refractivity contribution in [3.05, 3.63) is 97.1 Å². The standard InChI is InChI=1S/C34H38FN7O3/c1-6-34(43)39-27-19-28(31(44-5)20-30(27)41(4)15-14-40(2)3)38-32-21-33(37-22-36-32)42-29(13-16-45-42)25-11-7-9-23(17-25)24-10-8-12-26(35)18-24/h6-12,17-22,29H,1,13-16H2,2-5H3,(H,39,43)(H,36,37,38). The summed E-state index contributed by atoms with van der Waals surface area (Å²) in [6.45, 7) is 5.67. The fourth-order valence-corrected chi connectivity index (χ4v) is 5.17. The molecule has 1 amide bonds. The fraction of sp³-hybridized carbons (Fsp3) is 0.265. The molecule has 1 saturated heterocycles. The van der Waals surface area contributed by atoms with E-state index in [1.807, 2.05) is 57.5 Å². The van der Waals surface area contributed by atoms with E-state index >= 15 is 0 Å². The van der Waals surface area contributed by atoms with E-state index in [4.69, 9.17) is 9.57 Å². The Balaban J connectivity index is 1.42. The van der Waals surface area contributed by atoms with Gasteiger partial charge in [0.05, 0.1) is 36.8 Å². The van der Waals surface area contributed by atoms with Crippen LogP contribution in [0.5, 0.6) is 5.75 Å². The second kappa shape index (κ2) is 14.2. The summed E-state index contributed by atoms with van der Waals surface area (Å²) in [5, 5.41) is 8.03. The zero-order valence-corrected chi connectivity index (χ0v) is 26.0. The summed E-state index contributed by atoms with van der Waals surface area (Å²) >= 11 is 0. The maximum absolute atomic E-state index is 13.9. The van der Waals surface area contributed by atoms with Crippen LogP contribution < -0.4 is 25.3 Å². The number of aromatic nitrogens is 2. The third kappa shape index (κ3) is 7.57. The normalized spacial score (nSPS) is 14.4. The smallest absolute Gasteiger partial charge is 0.247 e. The number of hydroxylamine groups is 1. The molecule has 0 aliphatic carbocycles. The first-order chi connectivity index (χ1) is 21.7. The van der Waals surface area contributed by atoms with E-state index in [2.05, 4.69) is 43.0 Å². The lowest BCUT2D eigenvalue weighted by molar-refractivity contribution is -0.111. The summed E-state index contributed by atoms with van der Waals surface area (Å²) < 4.78 is 19.6. The van der Waals surface area contributed by atoms with Gasteiger partial charge in [0, 0.05) is 38.7 Å². The number of nitrogens with one attached hydrogen (secondary N) is 2. The average molecular weight is 612 g/mol. The lowest BCUT2D eigenvalue weighted by Crippen LogP contribution is -2.29. The molecule has 1 fully saturated rings. The highest BCUT2D eigenvalue weighted by molar-refractivity contribution is 6.02. The van der Waals surface area contributed by atoms with E-state index in [0.29, 0.717) is 35.4 Å². The molecule has 4 aromatic rings. The Morgan fingerprint density at radius 2 is 1.84 bits per heavy atom. The van der Waals surface area contributed by atoms with Crippen molar-refractivity contribution in [2.75, 3.05) is 68.5 Å². The summed E-state index contributed by atoms with van der Waals surface area (Å²) in [5.74, 6) is 1.06. The Hall–Kier alpha value is -5.00. The minimum absolute atomic E-state index is 0.103. The number of likely N-dealkylation sites (N-methyl/N-ethyl adjacent to an activating group) is 2. The number of halogens is 1. The van der Waals surface area contributed by atoms with Crippen molar-refractivity contribution in [1.82, 2.24) is 14.9 Å². The highest BCUT2D eigenvalue weighted by Gasteiger charge is 2.29. The molecule has 0 spiro atoms. The number of hydrogen-bond donors (Lipinski definition) is 2. The highest BCUT2D eigenvalue weighted by Crippen LogP contribution is 2.39. The van der Waals surface area contributed by atoms with E-state index < -0.39 is 0 Å². The van der Waals surface area contributed by atoms with Gasteiger partial charge in [0.2, 0.25) is 5.91 Å².